The lowest BCUT2D eigenvalue weighted by atomic mass is 10.2. The van der Waals surface area contributed by atoms with E-state index in [2.05, 4.69) is 0 Å². The molecule has 124 valence electrons. The van der Waals surface area contributed by atoms with Crippen LogP contribution in [0.4, 0.5) is 17.6 Å². The minimum Gasteiger partial charge on any atom is -0.336 e. The summed E-state index contributed by atoms with van der Waals surface area (Å²) >= 11 is 0. The van der Waals surface area contributed by atoms with Gasteiger partial charge in [-0.1, -0.05) is 18.2 Å². The SMILES string of the molecule is O=C(/C=C/c1ccccc1F)N1CCN(C(=O)C(F)(F)F)CC1. The third-order valence-electron chi connectivity index (χ3n) is 3.43. The fourth-order valence-electron chi connectivity index (χ4n) is 2.19. The summed E-state index contributed by atoms with van der Waals surface area (Å²) in [5.41, 5.74) is 0.242. The number of halogens is 4. The van der Waals surface area contributed by atoms with Gasteiger partial charge in [-0.25, -0.2) is 4.39 Å². The number of alkyl halides is 3. The van der Waals surface area contributed by atoms with Crippen LogP contribution in [0.25, 0.3) is 6.08 Å². The van der Waals surface area contributed by atoms with E-state index in [-0.39, 0.29) is 31.7 Å². The maximum Gasteiger partial charge on any atom is 0.471 e. The molecule has 1 aliphatic heterocycles. The van der Waals surface area contributed by atoms with Gasteiger partial charge < -0.3 is 9.80 Å². The molecule has 0 N–H and O–H groups in total. The topological polar surface area (TPSA) is 40.6 Å². The van der Waals surface area contributed by atoms with Crippen LogP contribution < -0.4 is 0 Å². The van der Waals surface area contributed by atoms with E-state index in [1.54, 1.807) is 6.07 Å². The van der Waals surface area contributed by atoms with Crippen LogP contribution in [0.1, 0.15) is 5.56 Å². The predicted molar refractivity (Wildman–Crippen MR) is 74.6 cm³/mol. The van der Waals surface area contributed by atoms with Crippen molar-refractivity contribution < 1.29 is 27.2 Å². The van der Waals surface area contributed by atoms with Gasteiger partial charge in [0, 0.05) is 37.8 Å². The van der Waals surface area contributed by atoms with E-state index in [0.717, 1.165) is 0 Å². The number of nitrogens with zero attached hydrogens (tertiary/aromatic N) is 2. The molecule has 0 saturated carbocycles. The van der Waals surface area contributed by atoms with Crippen LogP contribution in [-0.2, 0) is 9.59 Å². The molecule has 0 bridgehead atoms. The first-order valence-electron chi connectivity index (χ1n) is 6.86. The van der Waals surface area contributed by atoms with Gasteiger partial charge >= 0.3 is 12.1 Å². The Morgan fingerprint density at radius 3 is 2.13 bits per heavy atom. The third-order valence-corrected chi connectivity index (χ3v) is 3.43. The monoisotopic (exact) mass is 330 g/mol. The van der Waals surface area contributed by atoms with E-state index < -0.39 is 23.8 Å². The zero-order valence-corrected chi connectivity index (χ0v) is 12.0. The van der Waals surface area contributed by atoms with Gasteiger partial charge in [0.1, 0.15) is 5.82 Å². The van der Waals surface area contributed by atoms with E-state index in [1.165, 1.54) is 35.3 Å². The van der Waals surface area contributed by atoms with Gasteiger partial charge in [-0.3, -0.25) is 9.59 Å². The first-order valence-corrected chi connectivity index (χ1v) is 6.86. The summed E-state index contributed by atoms with van der Waals surface area (Å²) in [6.07, 6.45) is -2.43. The van der Waals surface area contributed by atoms with Crippen LogP contribution in [0.3, 0.4) is 0 Å². The highest BCUT2D eigenvalue weighted by Crippen LogP contribution is 2.19. The zero-order valence-electron chi connectivity index (χ0n) is 12.0. The molecule has 0 atom stereocenters. The minimum absolute atomic E-state index is 0.00225. The van der Waals surface area contributed by atoms with Crippen LogP contribution in [0.5, 0.6) is 0 Å². The van der Waals surface area contributed by atoms with Crippen molar-refractivity contribution in [3.63, 3.8) is 0 Å². The summed E-state index contributed by atoms with van der Waals surface area (Å²) in [7, 11) is 0. The lowest BCUT2D eigenvalue weighted by Gasteiger charge is -2.34. The average molecular weight is 330 g/mol. The summed E-state index contributed by atoms with van der Waals surface area (Å²) in [4.78, 5) is 25.0. The first-order chi connectivity index (χ1) is 10.8. The Balaban J connectivity index is 1.92. The van der Waals surface area contributed by atoms with E-state index in [1.807, 2.05) is 0 Å². The summed E-state index contributed by atoms with van der Waals surface area (Å²) in [5, 5.41) is 0. The van der Waals surface area contributed by atoms with Crippen LogP contribution in [0.15, 0.2) is 30.3 Å². The molecule has 2 rings (SSSR count). The van der Waals surface area contributed by atoms with Gasteiger partial charge in [0.05, 0.1) is 0 Å². The van der Waals surface area contributed by atoms with Gasteiger partial charge in [0.15, 0.2) is 0 Å². The molecule has 1 fully saturated rings. The molecule has 1 aromatic carbocycles. The largest absolute Gasteiger partial charge is 0.471 e. The highest BCUT2D eigenvalue weighted by atomic mass is 19.4. The van der Waals surface area contributed by atoms with Crippen LogP contribution in [0.2, 0.25) is 0 Å². The van der Waals surface area contributed by atoms with Crippen molar-refractivity contribution in [3.8, 4) is 0 Å². The molecule has 4 nitrogen and oxygen atoms in total. The molecule has 0 radical (unpaired) electrons. The second-order valence-electron chi connectivity index (χ2n) is 4.97. The molecular weight excluding hydrogens is 316 g/mol. The highest BCUT2D eigenvalue weighted by molar-refractivity contribution is 5.92. The maximum absolute atomic E-state index is 13.4. The maximum atomic E-state index is 13.4. The van der Waals surface area contributed by atoms with Crippen molar-refractivity contribution in [3.05, 3.63) is 41.7 Å². The van der Waals surface area contributed by atoms with Crippen molar-refractivity contribution in [2.45, 2.75) is 6.18 Å². The molecular formula is C15H14F4N2O2. The fraction of sp³-hybridized carbons (Fsp3) is 0.333. The molecule has 8 heteroatoms. The quantitative estimate of drug-likeness (QED) is 0.615. The van der Waals surface area contributed by atoms with Crippen molar-refractivity contribution in [1.29, 1.82) is 0 Å². The Morgan fingerprint density at radius 1 is 1.00 bits per heavy atom. The van der Waals surface area contributed by atoms with Crippen molar-refractivity contribution in [2.24, 2.45) is 0 Å². The molecule has 0 spiro atoms. The molecule has 1 saturated heterocycles. The number of benzene rings is 1. The lowest BCUT2D eigenvalue weighted by Crippen LogP contribution is -2.53. The van der Waals surface area contributed by atoms with Crippen LogP contribution >= 0.6 is 0 Å². The van der Waals surface area contributed by atoms with E-state index in [4.69, 9.17) is 0 Å². The molecule has 1 aromatic rings. The van der Waals surface area contributed by atoms with Gasteiger partial charge in [0.25, 0.3) is 0 Å². The Labute approximate surface area is 130 Å². The second kappa shape index (κ2) is 6.80. The molecule has 0 unspecified atom stereocenters. The predicted octanol–water partition coefficient (Wildman–Crippen LogP) is 2.07. The number of amides is 2. The lowest BCUT2D eigenvalue weighted by molar-refractivity contribution is -0.187. The van der Waals surface area contributed by atoms with Gasteiger partial charge in [0.2, 0.25) is 5.91 Å². The van der Waals surface area contributed by atoms with Crippen LogP contribution in [-0.4, -0.2) is 54.0 Å². The number of rotatable bonds is 2. The molecule has 2 amide bonds. The Kier molecular flexibility index (Phi) is 5.02. The summed E-state index contributed by atoms with van der Waals surface area (Å²) in [5.74, 6) is -2.81. The summed E-state index contributed by atoms with van der Waals surface area (Å²) < 4.78 is 50.4. The zero-order chi connectivity index (χ0) is 17.0. The number of carbonyl (C=O) groups is 2. The van der Waals surface area contributed by atoms with Gasteiger partial charge in [-0.2, -0.15) is 13.2 Å². The number of hydrogen-bond acceptors (Lipinski definition) is 2. The van der Waals surface area contributed by atoms with Crippen molar-refractivity contribution in [2.75, 3.05) is 26.2 Å². The molecule has 1 heterocycles. The third kappa shape index (κ3) is 4.30. The first kappa shape index (κ1) is 17.0. The Morgan fingerprint density at radius 2 is 1.57 bits per heavy atom. The standard InChI is InChI=1S/C15H14F4N2O2/c16-12-4-2-1-3-11(12)5-6-13(22)20-7-9-21(10-8-20)14(23)15(17,18)19/h1-6H,7-10H2/b6-5+. The molecule has 1 aliphatic rings. The Bertz CT molecular complexity index is 620. The van der Waals surface area contributed by atoms with Gasteiger partial charge in [-0.05, 0) is 12.1 Å². The normalized spacial score (nSPS) is 16.0. The molecule has 0 aliphatic carbocycles. The average Bonchev–Trinajstić information content (AvgIpc) is 2.52. The highest BCUT2D eigenvalue weighted by Gasteiger charge is 2.43. The number of carbonyl (C=O) groups excluding carboxylic acids is 2. The fourth-order valence-corrected chi connectivity index (χ4v) is 2.19. The molecule has 23 heavy (non-hydrogen) atoms. The van der Waals surface area contributed by atoms with E-state index in [0.29, 0.717) is 4.90 Å². The Hall–Kier alpha value is -2.38. The number of hydrogen-bond donors (Lipinski definition) is 0. The van der Waals surface area contributed by atoms with E-state index >= 15 is 0 Å². The molecule has 0 aromatic heterocycles. The summed E-state index contributed by atoms with van der Waals surface area (Å²) in [6, 6.07) is 5.89. The minimum atomic E-state index is -4.91. The van der Waals surface area contributed by atoms with Crippen molar-refractivity contribution >= 4 is 17.9 Å². The summed E-state index contributed by atoms with van der Waals surface area (Å²) in [6.45, 7) is -0.361. The van der Waals surface area contributed by atoms with E-state index in [9.17, 15) is 27.2 Å². The van der Waals surface area contributed by atoms with Crippen LogP contribution in [0, 0.1) is 5.82 Å². The van der Waals surface area contributed by atoms with Gasteiger partial charge in [-0.15, -0.1) is 0 Å². The smallest absolute Gasteiger partial charge is 0.336 e. The van der Waals surface area contributed by atoms with Crippen molar-refractivity contribution in [1.82, 2.24) is 9.80 Å². The number of piperazine rings is 1. The second-order valence-corrected chi connectivity index (χ2v) is 4.97.